The fourth-order valence-electron chi connectivity index (χ4n) is 3.58. The molecular formula is C24H21N3O4S. The van der Waals surface area contributed by atoms with Crippen molar-refractivity contribution in [3.63, 3.8) is 0 Å². The van der Waals surface area contributed by atoms with Crippen molar-refractivity contribution in [2.24, 2.45) is 0 Å². The van der Waals surface area contributed by atoms with Crippen molar-refractivity contribution in [1.29, 1.82) is 0 Å². The van der Waals surface area contributed by atoms with Gasteiger partial charge in [-0.15, -0.1) is 11.3 Å². The van der Waals surface area contributed by atoms with Crippen LogP contribution in [0.3, 0.4) is 0 Å². The summed E-state index contributed by atoms with van der Waals surface area (Å²) >= 11 is 1.49. The molecule has 4 rings (SSSR count). The average Bonchev–Trinajstić information content (AvgIpc) is 3.11. The molecule has 0 saturated heterocycles. The third-order valence-electron chi connectivity index (χ3n) is 5.09. The number of aromatic nitrogens is 2. The molecule has 0 bridgehead atoms. The number of anilines is 1. The fourth-order valence-corrected chi connectivity index (χ4v) is 4.58. The molecule has 0 aliphatic rings. The molecule has 4 aromatic rings. The molecule has 8 heteroatoms. The Balaban J connectivity index is 1.50. The van der Waals surface area contributed by atoms with E-state index in [1.807, 2.05) is 37.3 Å². The maximum atomic E-state index is 13.2. The van der Waals surface area contributed by atoms with E-state index in [0.29, 0.717) is 21.5 Å². The number of aryl methyl sites for hydroxylation is 2. The summed E-state index contributed by atoms with van der Waals surface area (Å²) in [5.74, 6) is -1.15. The summed E-state index contributed by atoms with van der Waals surface area (Å²) in [6.45, 7) is 2.18. The summed E-state index contributed by atoms with van der Waals surface area (Å²) in [6.07, 6.45) is 1.52. The van der Waals surface area contributed by atoms with Gasteiger partial charge in [0.2, 0.25) is 5.91 Å². The van der Waals surface area contributed by atoms with E-state index in [1.54, 1.807) is 24.3 Å². The Kier molecular flexibility index (Phi) is 6.13. The van der Waals surface area contributed by atoms with Crippen LogP contribution in [0.1, 0.15) is 16.9 Å². The number of carbonyl (C=O) groups is 2. The first-order chi connectivity index (χ1) is 15.4. The largest absolute Gasteiger partial charge is 0.481 e. The maximum Gasteiger partial charge on any atom is 0.307 e. The second-order valence-corrected chi connectivity index (χ2v) is 8.59. The molecule has 7 nitrogen and oxygen atoms in total. The van der Waals surface area contributed by atoms with Gasteiger partial charge >= 0.3 is 5.97 Å². The number of nitrogens with one attached hydrogen (secondary N) is 1. The summed E-state index contributed by atoms with van der Waals surface area (Å²) in [5.41, 5.74) is 2.93. The topological polar surface area (TPSA) is 101 Å². The molecule has 162 valence electrons. The van der Waals surface area contributed by atoms with E-state index in [-0.39, 0.29) is 30.9 Å². The van der Waals surface area contributed by atoms with Crippen LogP contribution in [0.2, 0.25) is 0 Å². The smallest absolute Gasteiger partial charge is 0.307 e. The van der Waals surface area contributed by atoms with Gasteiger partial charge in [-0.3, -0.25) is 19.0 Å². The Bertz CT molecular complexity index is 1340. The minimum absolute atomic E-state index is 0.0698. The van der Waals surface area contributed by atoms with E-state index < -0.39 is 5.97 Å². The van der Waals surface area contributed by atoms with Crippen LogP contribution in [-0.2, 0) is 22.6 Å². The number of rotatable bonds is 7. The zero-order valence-electron chi connectivity index (χ0n) is 17.4. The van der Waals surface area contributed by atoms with Gasteiger partial charge in [0, 0.05) is 29.1 Å². The van der Waals surface area contributed by atoms with Crippen LogP contribution in [0.25, 0.3) is 21.3 Å². The van der Waals surface area contributed by atoms with E-state index >= 15 is 0 Å². The minimum atomic E-state index is -0.908. The van der Waals surface area contributed by atoms with Gasteiger partial charge in [0.1, 0.15) is 4.83 Å². The summed E-state index contributed by atoms with van der Waals surface area (Å²) in [7, 11) is 0. The lowest BCUT2D eigenvalue weighted by molar-refractivity contribution is -0.136. The molecule has 0 aliphatic heterocycles. The Morgan fingerprint density at radius 3 is 2.50 bits per heavy atom. The maximum absolute atomic E-state index is 13.2. The highest BCUT2D eigenvalue weighted by molar-refractivity contribution is 7.19. The molecule has 0 atom stereocenters. The summed E-state index contributed by atoms with van der Waals surface area (Å²) < 4.78 is 1.47. The Morgan fingerprint density at radius 2 is 1.81 bits per heavy atom. The molecule has 32 heavy (non-hydrogen) atoms. The van der Waals surface area contributed by atoms with Gasteiger partial charge in [0.15, 0.2) is 0 Å². The SMILES string of the molecule is Cc1sc2ncn(CCC(=O)Nc3ccc(CC(=O)O)cc3)c(=O)c2c1-c1ccccc1. The van der Waals surface area contributed by atoms with Crippen molar-refractivity contribution in [3.8, 4) is 11.1 Å². The average molecular weight is 448 g/mol. The number of hydrogen-bond donors (Lipinski definition) is 2. The number of amides is 1. The van der Waals surface area contributed by atoms with Gasteiger partial charge in [-0.1, -0.05) is 42.5 Å². The standard InChI is InChI=1S/C24H21N3O4S/c1-15-21(17-5-3-2-4-6-17)22-23(32-15)25-14-27(24(22)31)12-11-19(28)26-18-9-7-16(8-10-18)13-20(29)30/h2-10,14H,11-13H2,1H3,(H,26,28)(H,29,30). The normalized spacial score (nSPS) is 10.9. The third kappa shape index (κ3) is 4.60. The number of nitrogens with zero attached hydrogens (tertiary/aromatic N) is 2. The monoisotopic (exact) mass is 447 g/mol. The van der Waals surface area contributed by atoms with Crippen molar-refractivity contribution in [2.45, 2.75) is 26.3 Å². The predicted molar refractivity (Wildman–Crippen MR) is 125 cm³/mol. The molecule has 0 unspecified atom stereocenters. The lowest BCUT2D eigenvalue weighted by Gasteiger charge is -2.08. The van der Waals surface area contributed by atoms with Crippen LogP contribution in [0.15, 0.2) is 65.7 Å². The van der Waals surface area contributed by atoms with Gasteiger partial charge in [-0.05, 0) is 30.2 Å². The lowest BCUT2D eigenvalue weighted by atomic mass is 10.0. The second kappa shape index (κ2) is 9.15. The quantitative estimate of drug-likeness (QED) is 0.444. The first-order valence-corrected chi connectivity index (χ1v) is 10.9. The number of carbonyl (C=O) groups excluding carboxylic acids is 1. The molecular weight excluding hydrogens is 426 g/mol. The Labute approximate surface area is 188 Å². The van der Waals surface area contributed by atoms with E-state index in [9.17, 15) is 14.4 Å². The minimum Gasteiger partial charge on any atom is -0.481 e. The molecule has 0 fully saturated rings. The molecule has 0 radical (unpaired) electrons. The number of fused-ring (bicyclic) bond motifs is 1. The molecule has 0 spiro atoms. The van der Waals surface area contributed by atoms with Gasteiger partial charge in [0.05, 0.1) is 18.1 Å². The number of thiophene rings is 1. The predicted octanol–water partition coefficient (Wildman–Crippen LogP) is 4.09. The number of aliphatic carboxylic acids is 1. The zero-order valence-corrected chi connectivity index (χ0v) is 18.2. The van der Waals surface area contributed by atoms with Crippen molar-refractivity contribution < 1.29 is 14.7 Å². The van der Waals surface area contributed by atoms with E-state index in [1.165, 1.54) is 22.2 Å². The van der Waals surface area contributed by atoms with Crippen LogP contribution >= 0.6 is 11.3 Å². The van der Waals surface area contributed by atoms with Gasteiger partial charge < -0.3 is 10.4 Å². The van der Waals surface area contributed by atoms with Crippen molar-refractivity contribution >= 4 is 39.1 Å². The summed E-state index contributed by atoms with van der Waals surface area (Å²) in [6, 6.07) is 16.4. The zero-order chi connectivity index (χ0) is 22.7. The Morgan fingerprint density at radius 1 is 1.09 bits per heavy atom. The molecule has 2 aromatic carbocycles. The third-order valence-corrected chi connectivity index (χ3v) is 6.10. The first-order valence-electron chi connectivity index (χ1n) is 10.1. The van der Waals surface area contributed by atoms with Crippen molar-refractivity contribution in [1.82, 2.24) is 9.55 Å². The molecule has 0 aliphatic carbocycles. The van der Waals surface area contributed by atoms with Gasteiger partial charge in [-0.2, -0.15) is 0 Å². The number of carboxylic acid groups (broad SMARTS) is 1. The molecule has 2 heterocycles. The van der Waals surface area contributed by atoms with Crippen molar-refractivity contribution in [3.05, 3.63) is 81.7 Å². The van der Waals surface area contributed by atoms with Crippen molar-refractivity contribution in [2.75, 3.05) is 5.32 Å². The van der Waals surface area contributed by atoms with Crippen LogP contribution in [-0.4, -0.2) is 26.5 Å². The highest BCUT2D eigenvalue weighted by atomic mass is 32.1. The fraction of sp³-hybridized carbons (Fsp3) is 0.167. The summed E-state index contributed by atoms with van der Waals surface area (Å²) in [4.78, 5) is 42.5. The van der Waals surface area contributed by atoms with E-state index in [0.717, 1.165) is 16.0 Å². The van der Waals surface area contributed by atoms with E-state index in [4.69, 9.17) is 5.11 Å². The lowest BCUT2D eigenvalue weighted by Crippen LogP contribution is -2.23. The molecule has 0 saturated carbocycles. The van der Waals surface area contributed by atoms with E-state index in [2.05, 4.69) is 10.3 Å². The molecule has 1 amide bonds. The summed E-state index contributed by atoms with van der Waals surface area (Å²) in [5, 5.41) is 12.2. The molecule has 2 N–H and O–H groups in total. The van der Waals surface area contributed by atoms with Gasteiger partial charge in [-0.25, -0.2) is 4.98 Å². The second-order valence-electron chi connectivity index (χ2n) is 7.39. The first kappa shape index (κ1) is 21.5. The number of hydrogen-bond acceptors (Lipinski definition) is 5. The van der Waals surface area contributed by atoms with Crippen LogP contribution in [0.5, 0.6) is 0 Å². The number of benzene rings is 2. The van der Waals surface area contributed by atoms with Crippen LogP contribution in [0, 0.1) is 6.92 Å². The van der Waals surface area contributed by atoms with Crippen LogP contribution < -0.4 is 10.9 Å². The highest BCUT2D eigenvalue weighted by Gasteiger charge is 2.17. The Hall–Kier alpha value is -3.78. The molecule has 2 aromatic heterocycles. The van der Waals surface area contributed by atoms with Gasteiger partial charge in [0.25, 0.3) is 5.56 Å². The van der Waals surface area contributed by atoms with Crippen LogP contribution in [0.4, 0.5) is 5.69 Å². The highest BCUT2D eigenvalue weighted by Crippen LogP contribution is 2.35. The number of carboxylic acids is 1.